The van der Waals surface area contributed by atoms with Gasteiger partial charge < -0.3 is 15.7 Å². The van der Waals surface area contributed by atoms with Gasteiger partial charge in [-0.3, -0.25) is 4.90 Å². The average molecular weight is 358 g/mol. The molecule has 1 aromatic rings. The second-order valence-electron chi connectivity index (χ2n) is 5.37. The van der Waals surface area contributed by atoms with Crippen LogP contribution < -0.4 is 10.5 Å². The van der Waals surface area contributed by atoms with E-state index in [2.05, 4.69) is 53.7 Å². The molecule has 0 fully saturated rings. The largest absolute Gasteiger partial charge is 0.491 e. The molecule has 0 spiro atoms. The molecule has 0 bridgehead atoms. The van der Waals surface area contributed by atoms with Crippen LogP contribution in [0.2, 0.25) is 0 Å². The number of ether oxygens (including phenoxy) is 1. The lowest BCUT2D eigenvalue weighted by atomic mass is 10.2. The summed E-state index contributed by atoms with van der Waals surface area (Å²) in [6.45, 7) is 10.0. The number of rotatable bonds is 7. The first-order chi connectivity index (χ1) is 9.88. The zero-order valence-electron chi connectivity index (χ0n) is 13.0. The van der Waals surface area contributed by atoms with Crippen LogP contribution in [0.3, 0.4) is 0 Å². The maximum Gasteiger partial charge on any atom is 0.174 e. The van der Waals surface area contributed by atoms with E-state index in [1.54, 1.807) is 0 Å². The first-order valence-corrected chi connectivity index (χ1v) is 7.82. The number of nitrogens with two attached hydrogens (primary N) is 1. The van der Waals surface area contributed by atoms with E-state index in [-0.39, 0.29) is 5.84 Å². The van der Waals surface area contributed by atoms with Gasteiger partial charge in [-0.05, 0) is 55.8 Å². The summed E-state index contributed by atoms with van der Waals surface area (Å²) in [5.41, 5.74) is 6.27. The molecule has 0 heterocycles. The molecule has 1 rings (SSSR count). The van der Waals surface area contributed by atoms with Crippen molar-refractivity contribution in [1.82, 2.24) is 4.90 Å². The highest BCUT2D eigenvalue weighted by Crippen LogP contribution is 2.26. The van der Waals surface area contributed by atoms with Gasteiger partial charge in [-0.1, -0.05) is 11.2 Å². The summed E-state index contributed by atoms with van der Waals surface area (Å²) in [5, 5.41) is 11.9. The van der Waals surface area contributed by atoms with Crippen LogP contribution in [0.15, 0.2) is 27.8 Å². The van der Waals surface area contributed by atoms with Gasteiger partial charge in [0.25, 0.3) is 0 Å². The number of nitrogens with zero attached hydrogens (tertiary/aromatic N) is 2. The van der Waals surface area contributed by atoms with Crippen molar-refractivity contribution in [2.45, 2.75) is 39.8 Å². The van der Waals surface area contributed by atoms with Crippen molar-refractivity contribution in [1.29, 1.82) is 0 Å². The Hall–Kier alpha value is -1.27. The molecule has 0 radical (unpaired) electrons. The van der Waals surface area contributed by atoms with Gasteiger partial charge in [0.2, 0.25) is 0 Å². The van der Waals surface area contributed by atoms with Gasteiger partial charge in [0.05, 0.1) is 5.56 Å². The Labute approximate surface area is 134 Å². The second kappa shape index (κ2) is 8.24. The van der Waals surface area contributed by atoms with Crippen LogP contribution in [0, 0.1) is 0 Å². The van der Waals surface area contributed by atoms with Crippen molar-refractivity contribution in [2.75, 3.05) is 13.2 Å². The molecule has 0 atom stereocenters. The fourth-order valence-electron chi connectivity index (χ4n) is 2.30. The molecule has 0 saturated heterocycles. The molecule has 0 unspecified atom stereocenters. The zero-order chi connectivity index (χ0) is 16.0. The Morgan fingerprint density at radius 2 is 1.95 bits per heavy atom. The lowest BCUT2D eigenvalue weighted by Gasteiger charge is -2.30. The first-order valence-electron chi connectivity index (χ1n) is 7.03. The lowest BCUT2D eigenvalue weighted by molar-refractivity contribution is 0.142. The van der Waals surface area contributed by atoms with Gasteiger partial charge in [-0.15, -0.1) is 0 Å². The van der Waals surface area contributed by atoms with Crippen molar-refractivity contribution in [3.63, 3.8) is 0 Å². The van der Waals surface area contributed by atoms with Crippen LogP contribution in [0.25, 0.3) is 0 Å². The summed E-state index contributed by atoms with van der Waals surface area (Å²) in [6.07, 6.45) is 0. The van der Waals surface area contributed by atoms with Gasteiger partial charge in [0, 0.05) is 23.1 Å². The SMILES string of the molecule is CC(C)N(CCOc1cccc(Br)c1/C(N)=N/O)C(C)C. The van der Waals surface area contributed by atoms with Crippen molar-refractivity contribution < 1.29 is 9.94 Å². The molecule has 0 aliphatic carbocycles. The first kappa shape index (κ1) is 17.8. The Balaban J connectivity index is 2.79. The van der Waals surface area contributed by atoms with Crippen LogP contribution >= 0.6 is 15.9 Å². The van der Waals surface area contributed by atoms with Crippen molar-refractivity contribution in [2.24, 2.45) is 10.9 Å². The fraction of sp³-hybridized carbons (Fsp3) is 0.533. The predicted octanol–water partition coefficient (Wildman–Crippen LogP) is 3.04. The van der Waals surface area contributed by atoms with Crippen molar-refractivity contribution >= 4 is 21.8 Å². The lowest BCUT2D eigenvalue weighted by Crippen LogP contribution is -2.39. The number of amidine groups is 1. The average Bonchev–Trinajstić information content (AvgIpc) is 2.42. The third kappa shape index (κ3) is 4.89. The Bertz CT molecular complexity index is 482. The minimum Gasteiger partial charge on any atom is -0.491 e. The molecule has 0 amide bonds. The summed E-state index contributed by atoms with van der Waals surface area (Å²) in [4.78, 5) is 2.35. The molecule has 0 aliphatic heterocycles. The molecule has 6 heteroatoms. The molecule has 3 N–H and O–H groups in total. The number of hydrogen-bond donors (Lipinski definition) is 2. The molecule has 0 aromatic heterocycles. The minimum absolute atomic E-state index is 0.0297. The van der Waals surface area contributed by atoms with Crippen molar-refractivity contribution in [3.05, 3.63) is 28.2 Å². The smallest absolute Gasteiger partial charge is 0.174 e. The number of benzene rings is 1. The van der Waals surface area contributed by atoms with E-state index in [9.17, 15) is 0 Å². The van der Waals surface area contributed by atoms with Gasteiger partial charge >= 0.3 is 0 Å². The molecule has 21 heavy (non-hydrogen) atoms. The summed E-state index contributed by atoms with van der Waals surface area (Å²) in [5.74, 6) is 0.634. The number of halogens is 1. The van der Waals surface area contributed by atoms with E-state index < -0.39 is 0 Å². The predicted molar refractivity (Wildman–Crippen MR) is 89.1 cm³/mol. The van der Waals surface area contributed by atoms with Crippen LogP contribution in [0.5, 0.6) is 5.75 Å². The quantitative estimate of drug-likeness (QED) is 0.340. The molecular formula is C15H24BrN3O2. The minimum atomic E-state index is 0.0297. The fourth-order valence-corrected chi connectivity index (χ4v) is 2.85. The molecule has 5 nitrogen and oxygen atoms in total. The molecular weight excluding hydrogens is 334 g/mol. The third-order valence-corrected chi connectivity index (χ3v) is 3.93. The maximum atomic E-state index is 8.87. The van der Waals surface area contributed by atoms with E-state index in [1.165, 1.54) is 0 Å². The molecule has 1 aromatic carbocycles. The van der Waals surface area contributed by atoms with Gasteiger partial charge in [-0.2, -0.15) is 0 Å². The maximum absolute atomic E-state index is 8.87. The topological polar surface area (TPSA) is 71.1 Å². The number of hydrogen-bond acceptors (Lipinski definition) is 4. The van der Waals surface area contributed by atoms with Gasteiger partial charge in [0.15, 0.2) is 5.84 Å². The highest BCUT2D eigenvalue weighted by molar-refractivity contribution is 9.10. The van der Waals surface area contributed by atoms with Gasteiger partial charge in [-0.25, -0.2) is 0 Å². The summed E-state index contributed by atoms with van der Waals surface area (Å²) in [7, 11) is 0. The monoisotopic (exact) mass is 357 g/mol. The Morgan fingerprint density at radius 1 is 1.33 bits per heavy atom. The zero-order valence-corrected chi connectivity index (χ0v) is 14.6. The van der Waals surface area contributed by atoms with Crippen LogP contribution in [0.4, 0.5) is 0 Å². The Kier molecular flexibility index (Phi) is 6.98. The van der Waals surface area contributed by atoms with E-state index in [4.69, 9.17) is 15.7 Å². The van der Waals surface area contributed by atoms with Gasteiger partial charge in [0.1, 0.15) is 12.4 Å². The normalized spacial score (nSPS) is 12.5. The second-order valence-corrected chi connectivity index (χ2v) is 6.23. The van der Waals surface area contributed by atoms with E-state index in [1.807, 2.05) is 18.2 Å². The summed E-state index contributed by atoms with van der Waals surface area (Å²) in [6, 6.07) is 6.41. The standard InChI is InChI=1S/C15H24BrN3O2/c1-10(2)19(11(3)4)8-9-21-13-7-5-6-12(16)14(13)15(17)18-20/h5-7,10-11,20H,8-9H2,1-4H3,(H2,17,18). The third-order valence-electron chi connectivity index (χ3n) is 3.27. The van der Waals surface area contributed by atoms with Crippen LogP contribution in [-0.4, -0.2) is 41.2 Å². The highest BCUT2D eigenvalue weighted by Gasteiger charge is 2.15. The Morgan fingerprint density at radius 3 is 2.48 bits per heavy atom. The summed E-state index contributed by atoms with van der Waals surface area (Å²) >= 11 is 3.39. The van der Waals surface area contributed by atoms with E-state index >= 15 is 0 Å². The molecule has 0 aliphatic rings. The van der Waals surface area contributed by atoms with Crippen molar-refractivity contribution in [3.8, 4) is 5.75 Å². The summed E-state index contributed by atoms with van der Waals surface area (Å²) < 4.78 is 6.56. The van der Waals surface area contributed by atoms with Crippen LogP contribution in [-0.2, 0) is 0 Å². The highest BCUT2D eigenvalue weighted by atomic mass is 79.9. The van der Waals surface area contributed by atoms with Crippen LogP contribution in [0.1, 0.15) is 33.3 Å². The molecule has 0 saturated carbocycles. The van der Waals surface area contributed by atoms with E-state index in [0.717, 1.165) is 11.0 Å². The molecule has 118 valence electrons. The van der Waals surface area contributed by atoms with E-state index in [0.29, 0.717) is 30.0 Å². The number of oxime groups is 1.